The highest BCUT2D eigenvalue weighted by Crippen LogP contribution is 2.35. The highest BCUT2D eigenvalue weighted by molar-refractivity contribution is 6.05. The van der Waals surface area contributed by atoms with E-state index in [2.05, 4.69) is 15.5 Å². The van der Waals surface area contributed by atoms with Gasteiger partial charge in [0.25, 0.3) is 5.91 Å². The van der Waals surface area contributed by atoms with Gasteiger partial charge in [0.1, 0.15) is 12.2 Å². The van der Waals surface area contributed by atoms with Gasteiger partial charge >= 0.3 is 5.63 Å². The lowest BCUT2D eigenvalue weighted by Crippen LogP contribution is -2.26. The molecule has 5 rings (SSSR count). The fourth-order valence-corrected chi connectivity index (χ4v) is 3.43. The van der Waals surface area contributed by atoms with Crippen molar-refractivity contribution < 1.29 is 18.7 Å². The normalized spacial score (nSPS) is 15.2. The number of carbonyl (C=O) groups excluding carboxylic acids is 1. The number of ether oxygens (including phenoxy) is 2. The summed E-state index contributed by atoms with van der Waals surface area (Å²) in [6, 6.07) is 14.2. The first-order chi connectivity index (χ1) is 14.6. The summed E-state index contributed by atoms with van der Waals surface area (Å²) < 4.78 is 17.0. The third-order valence-electron chi connectivity index (χ3n) is 4.92. The molecule has 1 unspecified atom stereocenters. The van der Waals surface area contributed by atoms with Gasteiger partial charge in [-0.15, -0.1) is 0 Å². The van der Waals surface area contributed by atoms with Crippen molar-refractivity contribution in [3.63, 3.8) is 0 Å². The molecule has 0 radical (unpaired) electrons. The summed E-state index contributed by atoms with van der Waals surface area (Å²) in [7, 11) is 0. The summed E-state index contributed by atoms with van der Waals surface area (Å²) in [4.78, 5) is 25.3. The van der Waals surface area contributed by atoms with Gasteiger partial charge in [-0.25, -0.2) is 4.79 Å². The van der Waals surface area contributed by atoms with Crippen molar-refractivity contribution in [3.05, 3.63) is 82.0 Å². The quantitative estimate of drug-likeness (QED) is 0.541. The number of carbonyl (C=O) groups is 1. The van der Waals surface area contributed by atoms with E-state index in [4.69, 9.17) is 13.9 Å². The Balaban J connectivity index is 1.40. The molecule has 30 heavy (non-hydrogen) atoms. The summed E-state index contributed by atoms with van der Waals surface area (Å²) in [6.45, 7) is 1.89. The lowest BCUT2D eigenvalue weighted by Gasteiger charge is -2.25. The Hall–Kier alpha value is -4.07. The predicted molar refractivity (Wildman–Crippen MR) is 109 cm³/mol. The third-order valence-corrected chi connectivity index (χ3v) is 4.92. The molecule has 8 nitrogen and oxygen atoms in total. The maximum absolute atomic E-state index is 12.7. The number of aromatic amines is 1. The molecule has 0 fully saturated rings. The van der Waals surface area contributed by atoms with Crippen LogP contribution in [0.3, 0.4) is 0 Å². The molecule has 1 aliphatic heterocycles. The maximum Gasteiger partial charge on any atom is 0.349 e. The van der Waals surface area contributed by atoms with Crippen molar-refractivity contribution in [2.75, 3.05) is 11.9 Å². The summed E-state index contributed by atoms with van der Waals surface area (Å²) in [5.41, 5.74) is 1.03. The van der Waals surface area contributed by atoms with E-state index >= 15 is 0 Å². The lowest BCUT2D eigenvalue weighted by molar-refractivity contribution is 0.0723. The average molecular weight is 403 g/mol. The second kappa shape index (κ2) is 7.07. The highest BCUT2D eigenvalue weighted by Gasteiger charge is 2.27. The van der Waals surface area contributed by atoms with Crippen LogP contribution in [0, 0.1) is 6.92 Å². The van der Waals surface area contributed by atoms with E-state index in [1.165, 1.54) is 0 Å². The Labute approximate surface area is 170 Å². The summed E-state index contributed by atoms with van der Waals surface area (Å²) in [5.74, 6) is 0.975. The molecule has 0 saturated heterocycles. The smallest absolute Gasteiger partial charge is 0.349 e. The number of nitrogens with zero attached hydrogens (tertiary/aromatic N) is 1. The van der Waals surface area contributed by atoms with Crippen LogP contribution >= 0.6 is 0 Å². The first kappa shape index (κ1) is 18.0. The van der Waals surface area contributed by atoms with Crippen molar-refractivity contribution in [3.8, 4) is 11.5 Å². The summed E-state index contributed by atoms with van der Waals surface area (Å²) >= 11 is 0. The van der Waals surface area contributed by atoms with Crippen LogP contribution in [-0.2, 0) is 0 Å². The van der Waals surface area contributed by atoms with Crippen LogP contribution in [0.1, 0.15) is 27.8 Å². The van der Waals surface area contributed by atoms with Crippen molar-refractivity contribution in [1.29, 1.82) is 0 Å². The second-order valence-electron chi connectivity index (χ2n) is 6.98. The first-order valence-corrected chi connectivity index (χ1v) is 9.36. The minimum atomic E-state index is -0.729. The minimum Gasteiger partial charge on any atom is -0.485 e. The largest absolute Gasteiger partial charge is 0.485 e. The van der Waals surface area contributed by atoms with Crippen LogP contribution in [-0.4, -0.2) is 22.7 Å². The molecule has 8 heteroatoms. The predicted octanol–water partition coefficient (Wildman–Crippen LogP) is 3.59. The Kier molecular flexibility index (Phi) is 4.24. The summed E-state index contributed by atoms with van der Waals surface area (Å²) in [6.07, 6.45) is 1.11. The van der Waals surface area contributed by atoms with Gasteiger partial charge in [-0.2, -0.15) is 5.10 Å². The molecular formula is C22H17N3O5. The second-order valence-corrected chi connectivity index (χ2v) is 6.98. The molecule has 0 aliphatic carbocycles. The molecule has 2 aromatic heterocycles. The van der Waals surface area contributed by atoms with Crippen molar-refractivity contribution in [1.82, 2.24) is 10.2 Å². The Bertz CT molecular complexity index is 1320. The van der Waals surface area contributed by atoms with Gasteiger partial charge in [0.05, 0.1) is 11.7 Å². The zero-order valence-electron chi connectivity index (χ0n) is 16.0. The van der Waals surface area contributed by atoms with Crippen LogP contribution in [0.5, 0.6) is 11.5 Å². The van der Waals surface area contributed by atoms with E-state index in [0.29, 0.717) is 28.5 Å². The van der Waals surface area contributed by atoms with Gasteiger partial charge in [0, 0.05) is 11.1 Å². The number of aryl methyl sites for hydroxylation is 1. The topological polar surface area (TPSA) is 106 Å². The highest BCUT2D eigenvalue weighted by atomic mass is 16.6. The number of para-hydroxylation sites is 2. The van der Waals surface area contributed by atoms with Crippen LogP contribution in [0.15, 0.2) is 63.9 Å². The Morgan fingerprint density at radius 3 is 2.83 bits per heavy atom. The molecule has 2 aromatic carbocycles. The molecule has 4 aromatic rings. The number of fused-ring (bicyclic) bond motifs is 2. The molecule has 0 saturated carbocycles. The van der Waals surface area contributed by atoms with Gasteiger partial charge < -0.3 is 19.2 Å². The fraction of sp³-hybridized carbons (Fsp3) is 0.136. The average Bonchev–Trinajstić information content (AvgIpc) is 3.20. The number of rotatable bonds is 3. The molecule has 1 aliphatic rings. The van der Waals surface area contributed by atoms with Gasteiger partial charge in [0.2, 0.25) is 0 Å². The number of nitrogens with one attached hydrogen (secondary N) is 2. The van der Waals surface area contributed by atoms with E-state index in [9.17, 15) is 9.59 Å². The fourth-order valence-electron chi connectivity index (χ4n) is 3.43. The number of aromatic nitrogens is 2. The van der Waals surface area contributed by atoms with E-state index in [1.54, 1.807) is 43.5 Å². The van der Waals surface area contributed by atoms with Crippen molar-refractivity contribution in [2.45, 2.75) is 13.0 Å². The van der Waals surface area contributed by atoms with Crippen molar-refractivity contribution in [2.24, 2.45) is 0 Å². The third kappa shape index (κ3) is 3.18. The standard InChI is InChI=1S/C22H17N3O5/c1-12-8-18(19-11-28-16-4-2-3-5-17(16)29-19)30-22(27)20(12)21(26)24-14-7-6-13-10-23-25-15(13)9-14/h2-10,19H,11H2,1H3,(H,23,25)(H,24,26). The van der Waals surface area contributed by atoms with E-state index in [-0.39, 0.29) is 12.2 Å². The van der Waals surface area contributed by atoms with Crippen LogP contribution in [0.4, 0.5) is 5.69 Å². The number of anilines is 1. The van der Waals surface area contributed by atoms with Crippen LogP contribution < -0.4 is 20.4 Å². The van der Waals surface area contributed by atoms with Gasteiger partial charge in [-0.3, -0.25) is 9.89 Å². The molecule has 2 N–H and O–H groups in total. The zero-order valence-corrected chi connectivity index (χ0v) is 16.0. The molecule has 1 atom stereocenters. The Morgan fingerprint density at radius 1 is 1.17 bits per heavy atom. The zero-order chi connectivity index (χ0) is 20.7. The van der Waals surface area contributed by atoms with E-state index in [1.807, 2.05) is 18.2 Å². The SMILES string of the molecule is Cc1cc(C2COc3ccccc3O2)oc(=O)c1C(=O)Nc1ccc2cn[nH]c2c1. The van der Waals surface area contributed by atoms with Gasteiger partial charge in [-0.1, -0.05) is 12.1 Å². The monoisotopic (exact) mass is 403 g/mol. The maximum atomic E-state index is 12.7. The molecule has 0 spiro atoms. The number of amides is 1. The molecule has 0 bridgehead atoms. The van der Waals surface area contributed by atoms with Gasteiger partial charge in [0.15, 0.2) is 23.4 Å². The van der Waals surface area contributed by atoms with Crippen LogP contribution in [0.2, 0.25) is 0 Å². The minimum absolute atomic E-state index is 0.0550. The van der Waals surface area contributed by atoms with Crippen molar-refractivity contribution >= 4 is 22.5 Å². The van der Waals surface area contributed by atoms with E-state index in [0.717, 1.165) is 10.9 Å². The number of H-pyrrole nitrogens is 1. The molecule has 3 heterocycles. The number of hydrogen-bond acceptors (Lipinski definition) is 6. The van der Waals surface area contributed by atoms with Crippen LogP contribution in [0.25, 0.3) is 10.9 Å². The lowest BCUT2D eigenvalue weighted by atomic mass is 10.1. The number of benzene rings is 2. The number of hydrogen-bond donors (Lipinski definition) is 2. The molecule has 1 amide bonds. The van der Waals surface area contributed by atoms with Gasteiger partial charge in [-0.05, 0) is 48.9 Å². The summed E-state index contributed by atoms with van der Waals surface area (Å²) in [5, 5.41) is 10.4. The first-order valence-electron chi connectivity index (χ1n) is 9.36. The van der Waals surface area contributed by atoms with E-state index < -0.39 is 17.6 Å². The molecule has 150 valence electrons. The molecular weight excluding hydrogens is 386 g/mol. The Morgan fingerprint density at radius 2 is 2.00 bits per heavy atom.